The van der Waals surface area contributed by atoms with E-state index in [4.69, 9.17) is 4.98 Å². The molecule has 1 heterocycles. The quantitative estimate of drug-likeness (QED) is 0.299. The third kappa shape index (κ3) is 4.17. The lowest BCUT2D eigenvalue weighted by atomic mass is 10.0. The van der Waals surface area contributed by atoms with Crippen LogP contribution in [0.2, 0.25) is 0 Å². The Balaban J connectivity index is 1.46. The fourth-order valence-electron chi connectivity index (χ4n) is 4.03. The second-order valence-corrected chi connectivity index (χ2v) is 7.80. The van der Waals surface area contributed by atoms with E-state index in [0.717, 1.165) is 11.4 Å². The van der Waals surface area contributed by atoms with Crippen molar-refractivity contribution in [2.45, 2.75) is 6.92 Å². The summed E-state index contributed by atoms with van der Waals surface area (Å²) in [6.45, 7) is 2.12. The SMILES string of the molecule is Cc1cc(C=Cc2cccc3ccccc23)nc(C=Cc2cccc3ccccc23)c1. The first-order chi connectivity index (χ1) is 15.3. The molecule has 0 amide bonds. The van der Waals surface area contributed by atoms with Gasteiger partial charge in [-0.05, 0) is 69.4 Å². The third-order valence-corrected chi connectivity index (χ3v) is 5.52. The van der Waals surface area contributed by atoms with Crippen LogP contribution in [0.15, 0.2) is 97.1 Å². The molecule has 1 nitrogen and oxygen atoms in total. The number of aryl methyl sites for hydroxylation is 1. The van der Waals surface area contributed by atoms with Crippen molar-refractivity contribution in [3.8, 4) is 0 Å². The van der Waals surface area contributed by atoms with Gasteiger partial charge in [-0.2, -0.15) is 0 Å². The van der Waals surface area contributed by atoms with Crippen LogP contribution in [-0.4, -0.2) is 4.98 Å². The Morgan fingerprint density at radius 3 is 1.48 bits per heavy atom. The zero-order chi connectivity index (χ0) is 21.0. The molecule has 0 aliphatic rings. The van der Waals surface area contributed by atoms with Crippen LogP contribution in [0.25, 0.3) is 45.8 Å². The van der Waals surface area contributed by atoms with E-state index in [0.29, 0.717) is 0 Å². The molecule has 0 N–H and O–H groups in total. The fraction of sp³-hybridized carbons (Fsp3) is 0.0333. The Morgan fingerprint density at radius 2 is 0.968 bits per heavy atom. The lowest BCUT2D eigenvalue weighted by molar-refractivity contribution is 1.23. The van der Waals surface area contributed by atoms with Crippen LogP contribution in [0.5, 0.6) is 0 Å². The van der Waals surface area contributed by atoms with E-state index in [1.54, 1.807) is 0 Å². The number of hydrogen-bond donors (Lipinski definition) is 0. The van der Waals surface area contributed by atoms with E-state index < -0.39 is 0 Å². The molecule has 0 atom stereocenters. The lowest BCUT2D eigenvalue weighted by Gasteiger charge is -2.04. The summed E-state index contributed by atoms with van der Waals surface area (Å²) in [4.78, 5) is 4.85. The van der Waals surface area contributed by atoms with Gasteiger partial charge in [0.05, 0.1) is 11.4 Å². The minimum atomic E-state index is 0.963. The van der Waals surface area contributed by atoms with Gasteiger partial charge in [0, 0.05) is 0 Å². The maximum absolute atomic E-state index is 4.85. The summed E-state index contributed by atoms with van der Waals surface area (Å²) in [7, 11) is 0. The summed E-state index contributed by atoms with van der Waals surface area (Å²) in [6.07, 6.45) is 8.51. The van der Waals surface area contributed by atoms with Crippen LogP contribution in [-0.2, 0) is 0 Å². The van der Waals surface area contributed by atoms with Gasteiger partial charge in [-0.1, -0.05) is 97.1 Å². The molecule has 4 aromatic carbocycles. The molecule has 0 fully saturated rings. The second-order valence-electron chi connectivity index (χ2n) is 7.80. The van der Waals surface area contributed by atoms with Crippen molar-refractivity contribution in [1.82, 2.24) is 4.98 Å². The van der Waals surface area contributed by atoms with Gasteiger partial charge in [0.1, 0.15) is 0 Å². The molecule has 0 spiro atoms. The van der Waals surface area contributed by atoms with E-state index in [9.17, 15) is 0 Å². The van der Waals surface area contributed by atoms with Gasteiger partial charge < -0.3 is 0 Å². The van der Waals surface area contributed by atoms with Gasteiger partial charge in [0.15, 0.2) is 0 Å². The highest BCUT2D eigenvalue weighted by Gasteiger charge is 2.00. The number of nitrogens with zero attached hydrogens (tertiary/aromatic N) is 1. The average Bonchev–Trinajstić information content (AvgIpc) is 2.81. The van der Waals surface area contributed by atoms with Crippen LogP contribution in [0, 0.1) is 6.92 Å². The number of benzene rings is 4. The van der Waals surface area contributed by atoms with Crippen molar-refractivity contribution in [3.05, 3.63) is 125 Å². The first-order valence-electron chi connectivity index (χ1n) is 10.6. The van der Waals surface area contributed by atoms with Gasteiger partial charge in [0.25, 0.3) is 0 Å². The highest BCUT2D eigenvalue weighted by atomic mass is 14.7. The number of aromatic nitrogens is 1. The van der Waals surface area contributed by atoms with Gasteiger partial charge in [-0.25, -0.2) is 4.98 Å². The number of pyridine rings is 1. The normalized spacial score (nSPS) is 11.8. The van der Waals surface area contributed by atoms with E-state index in [-0.39, 0.29) is 0 Å². The van der Waals surface area contributed by atoms with Crippen LogP contribution in [0.3, 0.4) is 0 Å². The van der Waals surface area contributed by atoms with Crippen molar-refractivity contribution in [1.29, 1.82) is 0 Å². The molecule has 0 unspecified atom stereocenters. The van der Waals surface area contributed by atoms with Crippen LogP contribution < -0.4 is 0 Å². The smallest absolute Gasteiger partial charge is 0.0639 e. The first-order valence-corrected chi connectivity index (χ1v) is 10.6. The maximum atomic E-state index is 4.85. The Hall–Kier alpha value is -3.97. The van der Waals surface area contributed by atoms with Crippen LogP contribution >= 0.6 is 0 Å². The van der Waals surface area contributed by atoms with E-state index in [1.165, 1.54) is 38.2 Å². The lowest BCUT2D eigenvalue weighted by Crippen LogP contribution is -1.88. The molecule has 1 aromatic heterocycles. The predicted molar refractivity (Wildman–Crippen MR) is 135 cm³/mol. The molecule has 0 saturated carbocycles. The van der Waals surface area contributed by atoms with Gasteiger partial charge >= 0.3 is 0 Å². The molecule has 0 aliphatic heterocycles. The largest absolute Gasteiger partial charge is 0.249 e. The van der Waals surface area contributed by atoms with Crippen molar-refractivity contribution in [2.75, 3.05) is 0 Å². The molecule has 1 heteroatoms. The molecule has 5 aromatic rings. The van der Waals surface area contributed by atoms with Crippen LogP contribution in [0.4, 0.5) is 0 Å². The Kier molecular flexibility index (Phi) is 5.16. The van der Waals surface area contributed by atoms with Gasteiger partial charge in [-0.3, -0.25) is 0 Å². The van der Waals surface area contributed by atoms with E-state index >= 15 is 0 Å². The summed E-state index contributed by atoms with van der Waals surface area (Å²) in [6, 6.07) is 34.0. The summed E-state index contributed by atoms with van der Waals surface area (Å²) >= 11 is 0. The standard InChI is InChI=1S/C30H23N/c1-22-20-27(18-16-25-12-6-10-23-8-2-4-14-29(23)25)31-28(21-22)19-17-26-13-7-11-24-9-3-5-15-30(24)26/h2-21H,1H3. The zero-order valence-electron chi connectivity index (χ0n) is 17.5. The molecule has 0 radical (unpaired) electrons. The van der Waals surface area contributed by atoms with E-state index in [2.05, 4.69) is 128 Å². The van der Waals surface area contributed by atoms with Crippen molar-refractivity contribution >= 4 is 45.8 Å². The minimum absolute atomic E-state index is 0.963. The zero-order valence-corrected chi connectivity index (χ0v) is 17.5. The number of hydrogen-bond acceptors (Lipinski definition) is 1. The summed E-state index contributed by atoms with van der Waals surface area (Å²) < 4.78 is 0. The van der Waals surface area contributed by atoms with E-state index in [1.807, 2.05) is 0 Å². The molecule has 0 saturated heterocycles. The number of rotatable bonds is 4. The second kappa shape index (κ2) is 8.41. The van der Waals surface area contributed by atoms with Crippen LogP contribution in [0.1, 0.15) is 28.1 Å². The summed E-state index contributed by atoms with van der Waals surface area (Å²) in [5, 5.41) is 5.01. The Morgan fingerprint density at radius 1 is 0.516 bits per heavy atom. The molecule has 5 rings (SSSR count). The molecular weight excluding hydrogens is 374 g/mol. The monoisotopic (exact) mass is 397 g/mol. The molecule has 148 valence electrons. The minimum Gasteiger partial charge on any atom is -0.249 e. The summed E-state index contributed by atoms with van der Waals surface area (Å²) in [5.74, 6) is 0. The number of fused-ring (bicyclic) bond motifs is 2. The average molecular weight is 398 g/mol. The maximum Gasteiger partial charge on any atom is 0.0639 e. The topological polar surface area (TPSA) is 12.9 Å². The predicted octanol–water partition coefficient (Wildman–Crippen LogP) is 8.04. The van der Waals surface area contributed by atoms with Crippen molar-refractivity contribution in [2.24, 2.45) is 0 Å². The highest BCUT2D eigenvalue weighted by Crippen LogP contribution is 2.22. The highest BCUT2D eigenvalue weighted by molar-refractivity contribution is 5.93. The Labute approximate surface area is 183 Å². The molecule has 0 aliphatic carbocycles. The van der Waals surface area contributed by atoms with Gasteiger partial charge in [-0.15, -0.1) is 0 Å². The molecular formula is C30H23N. The van der Waals surface area contributed by atoms with Crippen molar-refractivity contribution < 1.29 is 0 Å². The summed E-state index contributed by atoms with van der Waals surface area (Å²) in [5.41, 5.74) is 5.53. The Bertz CT molecular complexity index is 1320. The van der Waals surface area contributed by atoms with Gasteiger partial charge in [0.2, 0.25) is 0 Å². The molecule has 0 bridgehead atoms. The third-order valence-electron chi connectivity index (χ3n) is 5.52. The van der Waals surface area contributed by atoms with Crippen molar-refractivity contribution in [3.63, 3.8) is 0 Å². The first kappa shape index (κ1) is 19.0. The fourth-order valence-corrected chi connectivity index (χ4v) is 4.03. The molecule has 31 heavy (non-hydrogen) atoms.